The van der Waals surface area contributed by atoms with E-state index in [-0.39, 0.29) is 22.3 Å². The van der Waals surface area contributed by atoms with Crippen molar-refractivity contribution in [3.05, 3.63) is 0 Å². The Morgan fingerprint density at radius 1 is 1.54 bits per heavy atom. The molecule has 0 aliphatic heterocycles. The molecular formula is C8H11ClO2S2. The molecule has 2 unspecified atom stereocenters. The quantitative estimate of drug-likeness (QED) is 0.343. The lowest BCUT2D eigenvalue weighted by Gasteiger charge is -2.12. The molecule has 0 aliphatic rings. The number of thiocarbonyl (C=S) groups is 1. The Labute approximate surface area is 93.4 Å². The number of ketones is 2. The van der Waals surface area contributed by atoms with Gasteiger partial charge in [0.25, 0.3) is 0 Å². The zero-order valence-electron chi connectivity index (χ0n) is 7.41. The van der Waals surface area contributed by atoms with Crippen molar-refractivity contribution in [2.24, 2.45) is 5.92 Å². The van der Waals surface area contributed by atoms with Gasteiger partial charge in [-0.1, -0.05) is 12.2 Å². The van der Waals surface area contributed by atoms with Crippen LogP contribution in [0, 0.1) is 5.92 Å². The molecule has 0 radical (unpaired) electrons. The Hall–Kier alpha value is 0.0700. The summed E-state index contributed by atoms with van der Waals surface area (Å²) >= 11 is 14.1. The van der Waals surface area contributed by atoms with Gasteiger partial charge in [-0.15, -0.1) is 11.6 Å². The van der Waals surface area contributed by atoms with Crippen LogP contribution in [0.25, 0.3) is 0 Å². The number of hydrogen-bond donors (Lipinski definition) is 1. The van der Waals surface area contributed by atoms with Crippen LogP contribution >= 0.6 is 36.4 Å². The predicted molar refractivity (Wildman–Crippen MR) is 60.9 cm³/mol. The maximum atomic E-state index is 11.4. The summed E-state index contributed by atoms with van der Waals surface area (Å²) in [5.74, 6) is -1.49. The maximum Gasteiger partial charge on any atom is 0.180 e. The van der Waals surface area contributed by atoms with Crippen molar-refractivity contribution in [3.8, 4) is 0 Å². The molecule has 0 aromatic carbocycles. The highest BCUT2D eigenvalue weighted by Crippen LogP contribution is 2.11. The fourth-order valence-electron chi connectivity index (χ4n) is 0.812. The molecule has 2 atom stereocenters. The van der Waals surface area contributed by atoms with Crippen LogP contribution < -0.4 is 0 Å². The fourth-order valence-corrected chi connectivity index (χ4v) is 1.43. The molecular weight excluding hydrogens is 228 g/mol. The summed E-state index contributed by atoms with van der Waals surface area (Å²) in [7, 11) is 0. The van der Waals surface area contributed by atoms with E-state index in [1.165, 1.54) is 6.92 Å². The van der Waals surface area contributed by atoms with Crippen LogP contribution in [-0.2, 0) is 9.59 Å². The standard InChI is InChI=1S/C8H11ClO2S2/c1-4(12)7(10)6(3-9)8(11)5(2)13/h4,6,12H,3H2,1-2H3. The third-order valence-electron chi connectivity index (χ3n) is 1.57. The molecule has 0 rings (SSSR count). The van der Waals surface area contributed by atoms with Gasteiger partial charge in [0.1, 0.15) is 0 Å². The summed E-state index contributed by atoms with van der Waals surface area (Å²) < 4.78 is 0. The molecule has 2 nitrogen and oxygen atoms in total. The zero-order valence-corrected chi connectivity index (χ0v) is 9.88. The van der Waals surface area contributed by atoms with Gasteiger partial charge in [0.15, 0.2) is 11.6 Å². The molecule has 13 heavy (non-hydrogen) atoms. The van der Waals surface area contributed by atoms with E-state index in [1.807, 2.05) is 0 Å². The van der Waals surface area contributed by atoms with Gasteiger partial charge in [-0.25, -0.2) is 0 Å². The van der Waals surface area contributed by atoms with E-state index < -0.39 is 11.2 Å². The third-order valence-corrected chi connectivity index (χ3v) is 2.34. The van der Waals surface area contributed by atoms with E-state index in [9.17, 15) is 9.59 Å². The summed E-state index contributed by atoms with van der Waals surface area (Å²) in [5, 5.41) is -0.484. The van der Waals surface area contributed by atoms with E-state index in [1.54, 1.807) is 6.92 Å². The summed E-state index contributed by atoms with van der Waals surface area (Å²) in [6.07, 6.45) is 0. The lowest BCUT2D eigenvalue weighted by molar-refractivity contribution is -0.128. The Bertz CT molecular complexity index is 238. The van der Waals surface area contributed by atoms with Crippen LogP contribution in [-0.4, -0.2) is 27.6 Å². The van der Waals surface area contributed by atoms with Crippen LogP contribution in [0.15, 0.2) is 0 Å². The highest BCUT2D eigenvalue weighted by atomic mass is 35.5. The highest BCUT2D eigenvalue weighted by Gasteiger charge is 2.28. The number of carbonyl (C=O) groups is 2. The van der Waals surface area contributed by atoms with Crippen molar-refractivity contribution in [1.82, 2.24) is 0 Å². The number of Topliss-reactive ketones (excluding diaryl/α,β-unsaturated/α-hetero) is 2. The van der Waals surface area contributed by atoms with Gasteiger partial charge in [0.05, 0.1) is 16.0 Å². The third kappa shape index (κ3) is 3.75. The predicted octanol–water partition coefficient (Wildman–Crippen LogP) is 1.69. The number of hydrogen-bond acceptors (Lipinski definition) is 4. The Balaban J connectivity index is 4.61. The largest absolute Gasteiger partial charge is 0.298 e. The van der Waals surface area contributed by atoms with Crippen molar-refractivity contribution in [2.75, 3.05) is 5.88 Å². The second-order valence-electron chi connectivity index (χ2n) is 2.71. The van der Waals surface area contributed by atoms with Gasteiger partial charge in [-0.05, 0) is 13.8 Å². The van der Waals surface area contributed by atoms with Gasteiger partial charge in [0.2, 0.25) is 0 Å². The first-order chi connectivity index (χ1) is 5.91. The molecule has 0 aromatic rings. The molecule has 0 heterocycles. The normalized spacial score (nSPS) is 14.8. The van der Waals surface area contributed by atoms with E-state index in [2.05, 4.69) is 24.8 Å². The Kier molecular flexibility index (Phi) is 5.76. The average molecular weight is 239 g/mol. The Morgan fingerprint density at radius 2 is 2.00 bits per heavy atom. The lowest BCUT2D eigenvalue weighted by Crippen LogP contribution is -2.33. The van der Waals surface area contributed by atoms with Crippen molar-refractivity contribution >= 4 is 52.9 Å². The summed E-state index contributed by atoms with van der Waals surface area (Å²) in [5.41, 5.74) is 0. The molecule has 0 saturated heterocycles. The molecule has 0 bridgehead atoms. The molecule has 5 heteroatoms. The highest BCUT2D eigenvalue weighted by molar-refractivity contribution is 7.82. The SMILES string of the molecule is CC(=S)C(=O)C(CCl)C(=O)C(C)S. The number of carbonyl (C=O) groups excluding carboxylic acids is 2. The first kappa shape index (κ1) is 13.1. The summed E-state index contributed by atoms with van der Waals surface area (Å²) in [6, 6.07) is 0. The second kappa shape index (κ2) is 5.73. The number of rotatable bonds is 5. The van der Waals surface area contributed by atoms with Crippen LogP contribution in [0.3, 0.4) is 0 Å². The summed E-state index contributed by atoms with van der Waals surface area (Å²) in [4.78, 5) is 22.9. The minimum Gasteiger partial charge on any atom is -0.298 e. The molecule has 0 saturated carbocycles. The first-order valence-electron chi connectivity index (χ1n) is 3.74. The number of halogens is 1. The molecule has 0 fully saturated rings. The number of alkyl halides is 1. The average Bonchev–Trinajstić information content (AvgIpc) is 2.04. The molecule has 0 aromatic heterocycles. The van der Waals surface area contributed by atoms with E-state index in [0.717, 1.165) is 0 Å². The van der Waals surface area contributed by atoms with Crippen LogP contribution in [0.4, 0.5) is 0 Å². The number of thiol groups is 1. The fraction of sp³-hybridized carbons (Fsp3) is 0.625. The van der Waals surface area contributed by atoms with Gasteiger partial charge < -0.3 is 0 Å². The van der Waals surface area contributed by atoms with Gasteiger partial charge in [0, 0.05) is 5.88 Å². The van der Waals surface area contributed by atoms with Crippen molar-refractivity contribution in [3.63, 3.8) is 0 Å². The molecule has 0 amide bonds. The van der Waals surface area contributed by atoms with Crippen LogP contribution in [0.1, 0.15) is 13.8 Å². The Morgan fingerprint density at radius 3 is 2.23 bits per heavy atom. The monoisotopic (exact) mass is 238 g/mol. The van der Waals surface area contributed by atoms with Crippen molar-refractivity contribution in [1.29, 1.82) is 0 Å². The van der Waals surface area contributed by atoms with E-state index in [0.29, 0.717) is 0 Å². The second-order valence-corrected chi connectivity index (χ2v) is 4.40. The minimum atomic E-state index is -0.827. The van der Waals surface area contributed by atoms with Crippen molar-refractivity contribution < 1.29 is 9.59 Å². The maximum absolute atomic E-state index is 11.4. The lowest BCUT2D eigenvalue weighted by atomic mass is 9.97. The van der Waals surface area contributed by atoms with Crippen LogP contribution in [0.2, 0.25) is 0 Å². The molecule has 0 N–H and O–H groups in total. The van der Waals surface area contributed by atoms with Crippen molar-refractivity contribution in [2.45, 2.75) is 19.1 Å². The smallest absolute Gasteiger partial charge is 0.180 e. The topological polar surface area (TPSA) is 34.1 Å². The van der Waals surface area contributed by atoms with E-state index in [4.69, 9.17) is 11.6 Å². The van der Waals surface area contributed by atoms with Gasteiger partial charge in [-0.2, -0.15) is 12.6 Å². The molecule has 0 aliphatic carbocycles. The molecule has 74 valence electrons. The van der Waals surface area contributed by atoms with E-state index >= 15 is 0 Å². The van der Waals surface area contributed by atoms with Gasteiger partial charge >= 0.3 is 0 Å². The summed E-state index contributed by atoms with van der Waals surface area (Å²) in [6.45, 7) is 3.10. The minimum absolute atomic E-state index is 0.0312. The van der Waals surface area contributed by atoms with Crippen LogP contribution in [0.5, 0.6) is 0 Å². The van der Waals surface area contributed by atoms with Gasteiger partial charge in [-0.3, -0.25) is 9.59 Å². The molecule has 0 spiro atoms. The first-order valence-corrected chi connectivity index (χ1v) is 5.20. The zero-order chi connectivity index (χ0) is 10.6.